The first-order valence-corrected chi connectivity index (χ1v) is 7.55. The van der Waals surface area contributed by atoms with Crippen molar-refractivity contribution in [2.24, 2.45) is 5.92 Å². The van der Waals surface area contributed by atoms with E-state index in [0.29, 0.717) is 0 Å². The van der Waals surface area contributed by atoms with Gasteiger partial charge in [0.25, 0.3) is 0 Å². The van der Waals surface area contributed by atoms with Gasteiger partial charge in [0.1, 0.15) is 0 Å². The molecule has 2 aliphatic carbocycles. The number of nitrogens with zero attached hydrogens (tertiary/aromatic N) is 1. The van der Waals surface area contributed by atoms with Crippen molar-refractivity contribution in [2.75, 3.05) is 7.05 Å². The van der Waals surface area contributed by atoms with Crippen molar-refractivity contribution < 1.29 is 14.7 Å². The second-order valence-corrected chi connectivity index (χ2v) is 6.23. The summed E-state index contributed by atoms with van der Waals surface area (Å²) < 4.78 is 0. The minimum absolute atomic E-state index is 0.0992. The number of aliphatic carboxylic acids is 1. The Balaban J connectivity index is 2.11. The molecule has 0 unspecified atom stereocenters. The normalized spacial score (nSPS) is 23.2. The van der Waals surface area contributed by atoms with Gasteiger partial charge in [-0.1, -0.05) is 32.1 Å². The molecular weight excluding hydrogens is 242 g/mol. The molecule has 0 saturated heterocycles. The van der Waals surface area contributed by atoms with Crippen LogP contribution in [-0.4, -0.2) is 34.5 Å². The minimum atomic E-state index is -0.784. The fourth-order valence-electron chi connectivity index (χ4n) is 3.80. The smallest absolute Gasteiger partial charge is 0.305 e. The van der Waals surface area contributed by atoms with Gasteiger partial charge in [-0.3, -0.25) is 9.59 Å². The standard InChI is InChI=1S/C15H25NO3/c1-16(14(19)12-7-3-4-8-12)15(11-13(17)18)9-5-2-6-10-15/h12H,2-11H2,1H3,(H,17,18). The van der Waals surface area contributed by atoms with Gasteiger partial charge in [0.2, 0.25) is 5.91 Å². The second kappa shape index (κ2) is 5.93. The summed E-state index contributed by atoms with van der Waals surface area (Å²) in [4.78, 5) is 25.5. The Bertz CT molecular complexity index is 341. The van der Waals surface area contributed by atoms with Crippen LogP contribution in [0.15, 0.2) is 0 Å². The highest BCUT2D eigenvalue weighted by Gasteiger charge is 2.42. The van der Waals surface area contributed by atoms with Crippen molar-refractivity contribution in [1.29, 1.82) is 0 Å². The highest BCUT2D eigenvalue weighted by Crippen LogP contribution is 2.38. The minimum Gasteiger partial charge on any atom is -0.481 e. The quantitative estimate of drug-likeness (QED) is 0.852. The molecule has 2 aliphatic rings. The third-order valence-corrected chi connectivity index (χ3v) is 5.01. The molecule has 0 atom stereocenters. The van der Waals surface area contributed by atoms with Gasteiger partial charge in [-0.15, -0.1) is 0 Å². The number of hydrogen-bond donors (Lipinski definition) is 1. The molecule has 2 saturated carbocycles. The SMILES string of the molecule is CN(C(=O)C1CCCC1)C1(CC(=O)O)CCCCC1. The summed E-state index contributed by atoms with van der Waals surface area (Å²) in [5.41, 5.74) is -0.427. The maximum atomic E-state index is 12.6. The molecule has 2 fully saturated rings. The van der Waals surface area contributed by atoms with Crippen LogP contribution in [0.25, 0.3) is 0 Å². The Morgan fingerprint density at radius 3 is 2.21 bits per heavy atom. The number of carbonyl (C=O) groups excluding carboxylic acids is 1. The summed E-state index contributed by atoms with van der Waals surface area (Å²) in [6, 6.07) is 0. The molecule has 4 nitrogen and oxygen atoms in total. The fourth-order valence-corrected chi connectivity index (χ4v) is 3.80. The van der Waals surface area contributed by atoms with E-state index in [0.717, 1.165) is 57.8 Å². The molecule has 0 aromatic heterocycles. The van der Waals surface area contributed by atoms with Gasteiger partial charge in [0, 0.05) is 13.0 Å². The number of amides is 1. The van der Waals surface area contributed by atoms with Crippen LogP contribution >= 0.6 is 0 Å². The van der Waals surface area contributed by atoms with Crippen molar-refractivity contribution in [3.05, 3.63) is 0 Å². The first-order chi connectivity index (χ1) is 9.05. The first-order valence-electron chi connectivity index (χ1n) is 7.55. The summed E-state index contributed by atoms with van der Waals surface area (Å²) in [6.07, 6.45) is 9.24. The Morgan fingerprint density at radius 2 is 1.68 bits per heavy atom. The number of carboxylic acids is 1. The zero-order valence-corrected chi connectivity index (χ0v) is 11.9. The lowest BCUT2D eigenvalue weighted by Crippen LogP contribution is -2.53. The highest BCUT2D eigenvalue weighted by molar-refractivity contribution is 5.80. The van der Waals surface area contributed by atoms with Crippen LogP contribution < -0.4 is 0 Å². The molecule has 1 N–H and O–H groups in total. The van der Waals surface area contributed by atoms with Crippen LogP contribution in [0.4, 0.5) is 0 Å². The molecule has 0 aromatic rings. The molecule has 0 aromatic carbocycles. The number of rotatable bonds is 4. The molecule has 2 rings (SSSR count). The summed E-state index contributed by atoms with van der Waals surface area (Å²) in [6.45, 7) is 0. The predicted molar refractivity (Wildman–Crippen MR) is 72.8 cm³/mol. The summed E-state index contributed by atoms with van der Waals surface area (Å²) in [7, 11) is 1.83. The number of hydrogen-bond acceptors (Lipinski definition) is 2. The largest absolute Gasteiger partial charge is 0.481 e. The van der Waals surface area contributed by atoms with Crippen molar-refractivity contribution in [3.63, 3.8) is 0 Å². The van der Waals surface area contributed by atoms with Gasteiger partial charge in [-0.05, 0) is 25.7 Å². The third kappa shape index (κ3) is 3.10. The van der Waals surface area contributed by atoms with Gasteiger partial charge in [-0.25, -0.2) is 0 Å². The van der Waals surface area contributed by atoms with E-state index in [9.17, 15) is 14.7 Å². The predicted octanol–water partition coefficient (Wildman–Crippen LogP) is 2.81. The van der Waals surface area contributed by atoms with Crippen molar-refractivity contribution >= 4 is 11.9 Å². The Labute approximate surface area is 115 Å². The van der Waals surface area contributed by atoms with Crippen LogP contribution in [-0.2, 0) is 9.59 Å². The molecule has 0 radical (unpaired) electrons. The van der Waals surface area contributed by atoms with Gasteiger partial charge >= 0.3 is 5.97 Å². The zero-order chi connectivity index (χ0) is 13.9. The van der Waals surface area contributed by atoms with E-state index in [4.69, 9.17) is 0 Å². The van der Waals surface area contributed by atoms with Crippen LogP contribution in [0, 0.1) is 5.92 Å². The number of carboxylic acid groups (broad SMARTS) is 1. The maximum Gasteiger partial charge on any atom is 0.305 e. The fraction of sp³-hybridized carbons (Fsp3) is 0.867. The molecule has 0 spiro atoms. The van der Waals surface area contributed by atoms with E-state index in [2.05, 4.69) is 0 Å². The molecule has 0 bridgehead atoms. The molecule has 1 amide bonds. The van der Waals surface area contributed by atoms with Gasteiger partial charge < -0.3 is 10.0 Å². The second-order valence-electron chi connectivity index (χ2n) is 6.23. The zero-order valence-electron chi connectivity index (χ0n) is 11.9. The summed E-state index contributed by atoms with van der Waals surface area (Å²) in [5, 5.41) is 9.19. The molecule has 108 valence electrons. The van der Waals surface area contributed by atoms with Gasteiger partial charge in [0.15, 0.2) is 0 Å². The average Bonchev–Trinajstić information content (AvgIpc) is 2.91. The molecular formula is C15H25NO3. The topological polar surface area (TPSA) is 57.6 Å². The van der Waals surface area contributed by atoms with Crippen molar-refractivity contribution in [1.82, 2.24) is 4.90 Å². The third-order valence-electron chi connectivity index (χ3n) is 5.01. The van der Waals surface area contributed by atoms with E-state index in [1.165, 1.54) is 0 Å². The van der Waals surface area contributed by atoms with E-state index >= 15 is 0 Å². The molecule has 0 aliphatic heterocycles. The summed E-state index contributed by atoms with van der Waals surface area (Å²) in [5.74, 6) is -0.466. The summed E-state index contributed by atoms with van der Waals surface area (Å²) >= 11 is 0. The van der Waals surface area contributed by atoms with Crippen molar-refractivity contribution in [2.45, 2.75) is 69.7 Å². The maximum absolute atomic E-state index is 12.6. The van der Waals surface area contributed by atoms with Crippen LogP contribution in [0.3, 0.4) is 0 Å². The van der Waals surface area contributed by atoms with Crippen LogP contribution in [0.2, 0.25) is 0 Å². The lowest BCUT2D eigenvalue weighted by molar-refractivity contribution is -0.148. The van der Waals surface area contributed by atoms with E-state index in [1.807, 2.05) is 7.05 Å². The lowest BCUT2D eigenvalue weighted by atomic mass is 9.77. The van der Waals surface area contributed by atoms with Gasteiger partial charge in [0.05, 0.1) is 12.0 Å². The number of carbonyl (C=O) groups is 2. The first kappa shape index (κ1) is 14.4. The monoisotopic (exact) mass is 267 g/mol. The lowest BCUT2D eigenvalue weighted by Gasteiger charge is -2.44. The van der Waals surface area contributed by atoms with E-state index in [-0.39, 0.29) is 18.2 Å². The van der Waals surface area contributed by atoms with E-state index < -0.39 is 11.5 Å². The molecule has 0 heterocycles. The molecule has 4 heteroatoms. The van der Waals surface area contributed by atoms with E-state index in [1.54, 1.807) is 4.90 Å². The van der Waals surface area contributed by atoms with Gasteiger partial charge in [-0.2, -0.15) is 0 Å². The average molecular weight is 267 g/mol. The van der Waals surface area contributed by atoms with Crippen molar-refractivity contribution in [3.8, 4) is 0 Å². The Morgan fingerprint density at radius 1 is 1.11 bits per heavy atom. The molecule has 19 heavy (non-hydrogen) atoms. The van der Waals surface area contributed by atoms with Crippen LogP contribution in [0.1, 0.15) is 64.2 Å². The Hall–Kier alpha value is -1.06. The van der Waals surface area contributed by atoms with Crippen LogP contribution in [0.5, 0.6) is 0 Å². The Kier molecular flexibility index (Phi) is 4.48. The highest BCUT2D eigenvalue weighted by atomic mass is 16.4.